The van der Waals surface area contributed by atoms with Gasteiger partial charge in [-0.3, -0.25) is 9.59 Å². The van der Waals surface area contributed by atoms with Crippen molar-refractivity contribution in [2.45, 2.75) is 13.0 Å². The first-order valence-corrected chi connectivity index (χ1v) is 10.4. The fourth-order valence-electron chi connectivity index (χ4n) is 3.51. The minimum Gasteiger partial charge on any atom is -0.489 e. The molecule has 4 nitrogen and oxygen atoms in total. The first-order chi connectivity index (χ1) is 14.9. The number of aliphatic hydroxyl groups is 1. The molecule has 0 radical (unpaired) electrons. The van der Waals surface area contributed by atoms with Crippen LogP contribution in [0, 0.1) is 0 Å². The Morgan fingerprint density at radius 3 is 2.39 bits per heavy atom. The molecule has 31 heavy (non-hydrogen) atoms. The maximum absolute atomic E-state index is 12.8. The molecule has 0 saturated heterocycles. The quantitative estimate of drug-likeness (QED) is 0.392. The highest BCUT2D eigenvalue weighted by Gasteiger charge is 2.25. The number of allylic oxidation sites excluding steroid dienone is 1. The van der Waals surface area contributed by atoms with E-state index in [1.807, 2.05) is 12.1 Å². The third-order valence-electron chi connectivity index (χ3n) is 5.04. The molecule has 0 aliphatic heterocycles. The fraction of sp³-hybridized carbons (Fsp3) is 0.120. The number of halogens is 2. The molecule has 0 spiro atoms. The van der Waals surface area contributed by atoms with E-state index in [1.54, 1.807) is 54.6 Å². The van der Waals surface area contributed by atoms with E-state index in [2.05, 4.69) is 0 Å². The average Bonchev–Trinajstić information content (AvgIpc) is 3.06. The number of hydrogen-bond donors (Lipinski definition) is 1. The van der Waals surface area contributed by atoms with E-state index >= 15 is 0 Å². The van der Waals surface area contributed by atoms with Crippen LogP contribution in [0.4, 0.5) is 0 Å². The smallest absolute Gasteiger partial charge is 0.189 e. The van der Waals surface area contributed by atoms with Crippen LogP contribution >= 0.6 is 23.2 Å². The third-order valence-corrected chi connectivity index (χ3v) is 5.48. The second-order valence-electron chi connectivity index (χ2n) is 7.26. The highest BCUT2D eigenvalue weighted by Crippen LogP contribution is 2.32. The molecular formula is C25H18Cl2O4. The summed E-state index contributed by atoms with van der Waals surface area (Å²) in [5.41, 5.74) is 4.39. The van der Waals surface area contributed by atoms with Crippen LogP contribution in [0.2, 0.25) is 10.0 Å². The van der Waals surface area contributed by atoms with E-state index in [4.69, 9.17) is 33.0 Å². The molecular weight excluding hydrogens is 435 g/mol. The number of hydrogen-bond acceptors (Lipinski definition) is 4. The van der Waals surface area contributed by atoms with Crippen LogP contribution in [-0.4, -0.2) is 23.3 Å². The van der Waals surface area contributed by atoms with Crippen molar-refractivity contribution >= 4 is 40.8 Å². The number of ether oxygens (including phenoxy) is 1. The van der Waals surface area contributed by atoms with Crippen molar-refractivity contribution in [1.29, 1.82) is 0 Å². The summed E-state index contributed by atoms with van der Waals surface area (Å²) < 4.78 is 5.86. The predicted molar refractivity (Wildman–Crippen MR) is 121 cm³/mol. The van der Waals surface area contributed by atoms with Gasteiger partial charge in [0.05, 0.1) is 0 Å². The van der Waals surface area contributed by atoms with Gasteiger partial charge in [-0.15, -0.1) is 0 Å². The van der Waals surface area contributed by atoms with E-state index in [-0.39, 0.29) is 11.6 Å². The molecule has 156 valence electrons. The number of Topliss-reactive ketones (excluding diaryl/α,β-unsaturated/α-hetero) is 2. The summed E-state index contributed by atoms with van der Waals surface area (Å²) in [6, 6.07) is 17.5. The summed E-state index contributed by atoms with van der Waals surface area (Å²) in [5, 5.41) is 9.96. The predicted octanol–water partition coefficient (Wildman–Crippen LogP) is 5.57. The molecule has 0 atom stereocenters. The minimum atomic E-state index is -0.509. The lowest BCUT2D eigenvalue weighted by Crippen LogP contribution is -2.04. The molecule has 1 aliphatic rings. The summed E-state index contributed by atoms with van der Waals surface area (Å²) in [4.78, 5) is 24.2. The number of carbonyl (C=O) groups is 2. The number of benzene rings is 3. The van der Waals surface area contributed by atoms with Crippen LogP contribution in [0.25, 0.3) is 6.08 Å². The Labute approximate surface area is 189 Å². The van der Waals surface area contributed by atoms with Crippen LogP contribution in [-0.2, 0) is 13.0 Å². The van der Waals surface area contributed by atoms with Crippen molar-refractivity contribution in [3.8, 4) is 5.75 Å². The van der Waals surface area contributed by atoms with Crippen LogP contribution < -0.4 is 4.74 Å². The first-order valence-electron chi connectivity index (χ1n) is 9.63. The molecule has 1 N–H and O–H groups in total. The number of ketones is 2. The molecule has 0 fully saturated rings. The zero-order valence-corrected chi connectivity index (χ0v) is 17.9. The molecule has 1 aliphatic carbocycles. The lowest BCUT2D eigenvalue weighted by molar-refractivity contribution is 0.0903. The van der Waals surface area contributed by atoms with Crippen molar-refractivity contribution in [3.05, 3.63) is 104 Å². The summed E-state index contributed by atoms with van der Waals surface area (Å²) in [6.07, 6.45) is 2.32. The Kier molecular flexibility index (Phi) is 6.23. The average molecular weight is 453 g/mol. The molecule has 0 unspecified atom stereocenters. The Hall–Kier alpha value is -2.92. The monoisotopic (exact) mass is 452 g/mol. The Bertz CT molecular complexity index is 1180. The van der Waals surface area contributed by atoms with Gasteiger partial charge in [0.2, 0.25) is 0 Å². The topological polar surface area (TPSA) is 63.6 Å². The van der Waals surface area contributed by atoms with Crippen LogP contribution in [0.15, 0.2) is 66.2 Å². The van der Waals surface area contributed by atoms with Crippen LogP contribution in [0.3, 0.4) is 0 Å². The van der Waals surface area contributed by atoms with Gasteiger partial charge in [0.1, 0.15) is 19.0 Å². The van der Waals surface area contributed by atoms with Gasteiger partial charge < -0.3 is 9.84 Å². The lowest BCUT2D eigenvalue weighted by Gasteiger charge is -2.08. The summed E-state index contributed by atoms with van der Waals surface area (Å²) >= 11 is 12.1. The van der Waals surface area contributed by atoms with Gasteiger partial charge in [0.25, 0.3) is 0 Å². The minimum absolute atomic E-state index is 0.0122. The van der Waals surface area contributed by atoms with E-state index < -0.39 is 6.61 Å². The second kappa shape index (κ2) is 9.06. The maximum atomic E-state index is 12.8. The highest BCUT2D eigenvalue weighted by molar-refractivity contribution is 6.34. The van der Waals surface area contributed by atoms with E-state index in [9.17, 15) is 9.59 Å². The lowest BCUT2D eigenvalue weighted by atomic mass is 10.1. The Morgan fingerprint density at radius 2 is 1.71 bits per heavy atom. The molecule has 4 rings (SSSR count). The molecule has 3 aromatic carbocycles. The van der Waals surface area contributed by atoms with Gasteiger partial charge in [0, 0.05) is 33.2 Å². The molecule has 0 heterocycles. The van der Waals surface area contributed by atoms with Crippen LogP contribution in [0.5, 0.6) is 5.75 Å². The SMILES string of the molecule is O=C(CO)c1ccc(COc2ccc3c(c2)C/C(=C\c2cc(Cl)cc(Cl)c2)C3=O)cc1. The summed E-state index contributed by atoms with van der Waals surface area (Å²) in [6.45, 7) is -0.186. The second-order valence-corrected chi connectivity index (χ2v) is 8.14. The normalized spacial score (nSPS) is 14.0. The zero-order valence-electron chi connectivity index (χ0n) is 16.4. The van der Waals surface area contributed by atoms with Crippen molar-refractivity contribution in [1.82, 2.24) is 0 Å². The Balaban J connectivity index is 1.47. The molecule has 0 amide bonds. The molecule has 6 heteroatoms. The van der Waals surface area contributed by atoms with Gasteiger partial charge >= 0.3 is 0 Å². The summed E-state index contributed by atoms with van der Waals surface area (Å²) in [5.74, 6) is 0.329. The zero-order chi connectivity index (χ0) is 22.0. The highest BCUT2D eigenvalue weighted by atomic mass is 35.5. The van der Waals surface area contributed by atoms with Crippen molar-refractivity contribution in [2.75, 3.05) is 6.61 Å². The largest absolute Gasteiger partial charge is 0.489 e. The third kappa shape index (κ3) is 4.88. The standard InChI is InChI=1S/C25H18Cl2O4/c26-20-8-16(9-21(27)12-20)7-19-10-18-11-22(5-6-23(18)25(19)30)31-14-15-1-3-17(4-2-15)24(29)13-28/h1-9,11-12,28H,10,13-14H2/b19-7+. The number of rotatable bonds is 6. The van der Waals surface area contributed by atoms with Gasteiger partial charge in [-0.05, 0) is 59.2 Å². The molecule has 0 bridgehead atoms. The fourth-order valence-corrected chi connectivity index (χ4v) is 4.05. The van der Waals surface area contributed by atoms with Crippen molar-refractivity contribution < 1.29 is 19.4 Å². The molecule has 3 aromatic rings. The van der Waals surface area contributed by atoms with Gasteiger partial charge in [-0.1, -0.05) is 47.5 Å². The van der Waals surface area contributed by atoms with E-state index in [0.717, 1.165) is 16.7 Å². The Morgan fingerprint density at radius 1 is 1.00 bits per heavy atom. The molecule has 0 aromatic heterocycles. The number of carbonyl (C=O) groups excluding carboxylic acids is 2. The van der Waals surface area contributed by atoms with Gasteiger partial charge in [0.15, 0.2) is 11.6 Å². The van der Waals surface area contributed by atoms with E-state index in [1.165, 1.54) is 0 Å². The van der Waals surface area contributed by atoms with Gasteiger partial charge in [-0.25, -0.2) is 0 Å². The van der Waals surface area contributed by atoms with Crippen LogP contribution in [0.1, 0.15) is 37.4 Å². The summed E-state index contributed by atoms with van der Waals surface area (Å²) in [7, 11) is 0. The first kappa shape index (κ1) is 21.3. The number of aliphatic hydroxyl groups excluding tert-OH is 1. The van der Waals surface area contributed by atoms with E-state index in [0.29, 0.717) is 45.5 Å². The van der Waals surface area contributed by atoms with Gasteiger partial charge in [-0.2, -0.15) is 0 Å². The maximum Gasteiger partial charge on any atom is 0.189 e. The van der Waals surface area contributed by atoms with Crippen molar-refractivity contribution in [3.63, 3.8) is 0 Å². The number of fused-ring (bicyclic) bond motifs is 1. The molecule has 0 saturated carbocycles. The van der Waals surface area contributed by atoms with Crippen molar-refractivity contribution in [2.24, 2.45) is 0 Å².